The number of rotatable bonds is 8. The first-order valence-corrected chi connectivity index (χ1v) is 11.2. The second-order valence-corrected chi connectivity index (χ2v) is 9.47. The molecule has 0 aromatic heterocycles. The Kier molecular flexibility index (Phi) is 8.05. The van der Waals surface area contributed by atoms with E-state index < -0.39 is 28.5 Å². The maximum Gasteiger partial charge on any atom is 0.338 e. The fourth-order valence-corrected chi connectivity index (χ4v) is 4.13. The van der Waals surface area contributed by atoms with E-state index >= 15 is 0 Å². The summed E-state index contributed by atoms with van der Waals surface area (Å²) in [7, 11) is -0.861. The molecule has 2 rings (SSSR count). The Morgan fingerprint density at radius 3 is 2.48 bits per heavy atom. The molecule has 31 heavy (non-hydrogen) atoms. The van der Waals surface area contributed by atoms with Crippen LogP contribution < -0.4 is 10.1 Å². The third kappa shape index (κ3) is 5.96. The quantitative estimate of drug-likeness (QED) is 0.595. The molecule has 1 N–H and O–H groups in total. The summed E-state index contributed by atoms with van der Waals surface area (Å²) in [5.41, 5.74) is 1.14. The van der Waals surface area contributed by atoms with Crippen LogP contribution in [0.3, 0.4) is 0 Å². The number of sulfonamides is 1. The number of nitrogens with zero attached hydrogens (tertiary/aromatic N) is 1. The molecule has 2 aromatic carbocycles. The summed E-state index contributed by atoms with van der Waals surface area (Å²) in [6.45, 7) is 4.69. The largest absolute Gasteiger partial charge is 0.495 e. The summed E-state index contributed by atoms with van der Waals surface area (Å²) in [4.78, 5) is 24.5. The summed E-state index contributed by atoms with van der Waals surface area (Å²) in [5.74, 6) is -1.04. The standard InChI is InChI=1S/C21H25ClN2O6S/c1-13(2)24(4)31(27,28)16-8-6-7-15(10-16)21(26)30-12-20(25)23-18-9-14(3)17(22)11-19(18)29-5/h6-11,13H,12H2,1-5H3,(H,23,25). The van der Waals surface area contributed by atoms with Crippen molar-refractivity contribution in [3.63, 3.8) is 0 Å². The normalized spacial score (nSPS) is 11.5. The minimum Gasteiger partial charge on any atom is -0.495 e. The van der Waals surface area contributed by atoms with Crippen molar-refractivity contribution >= 4 is 39.2 Å². The Bertz CT molecular complexity index is 1090. The highest BCUT2D eigenvalue weighted by Gasteiger charge is 2.24. The second-order valence-electron chi connectivity index (χ2n) is 7.07. The van der Waals surface area contributed by atoms with Gasteiger partial charge in [-0.15, -0.1) is 0 Å². The van der Waals surface area contributed by atoms with Crippen LogP contribution in [0.25, 0.3) is 0 Å². The Hall–Kier alpha value is -2.62. The smallest absolute Gasteiger partial charge is 0.338 e. The maximum absolute atomic E-state index is 12.6. The number of amides is 1. The van der Waals surface area contributed by atoms with Crippen molar-refractivity contribution < 1.29 is 27.5 Å². The molecular weight excluding hydrogens is 444 g/mol. The van der Waals surface area contributed by atoms with Crippen LogP contribution in [0.15, 0.2) is 41.3 Å². The van der Waals surface area contributed by atoms with Crippen LogP contribution >= 0.6 is 11.6 Å². The second kappa shape index (κ2) is 10.1. The van der Waals surface area contributed by atoms with E-state index in [1.54, 1.807) is 32.9 Å². The number of anilines is 1. The average Bonchev–Trinajstić information content (AvgIpc) is 2.73. The zero-order chi connectivity index (χ0) is 23.3. The molecule has 0 bridgehead atoms. The van der Waals surface area contributed by atoms with Crippen molar-refractivity contribution in [1.82, 2.24) is 4.31 Å². The molecule has 0 saturated carbocycles. The van der Waals surface area contributed by atoms with Gasteiger partial charge in [0, 0.05) is 24.2 Å². The predicted octanol–water partition coefficient (Wildman–Crippen LogP) is 3.48. The van der Waals surface area contributed by atoms with Gasteiger partial charge in [-0.3, -0.25) is 4.79 Å². The minimum absolute atomic E-state index is 0.0194. The number of hydrogen-bond donors (Lipinski definition) is 1. The van der Waals surface area contributed by atoms with Crippen LogP contribution in [0.4, 0.5) is 5.69 Å². The predicted molar refractivity (Wildman–Crippen MR) is 118 cm³/mol. The Morgan fingerprint density at radius 2 is 1.87 bits per heavy atom. The van der Waals surface area contributed by atoms with Crippen molar-refractivity contribution in [1.29, 1.82) is 0 Å². The number of benzene rings is 2. The van der Waals surface area contributed by atoms with Crippen molar-refractivity contribution in [2.45, 2.75) is 31.7 Å². The average molecular weight is 469 g/mol. The Labute approximate surface area is 187 Å². The lowest BCUT2D eigenvalue weighted by molar-refractivity contribution is -0.119. The van der Waals surface area contributed by atoms with Gasteiger partial charge in [0.2, 0.25) is 10.0 Å². The topological polar surface area (TPSA) is 102 Å². The number of methoxy groups -OCH3 is 1. The fourth-order valence-electron chi connectivity index (χ4n) is 2.56. The van der Waals surface area contributed by atoms with Gasteiger partial charge < -0.3 is 14.8 Å². The number of ether oxygens (including phenoxy) is 2. The number of carbonyl (C=O) groups is 2. The van der Waals surface area contributed by atoms with E-state index in [1.165, 1.54) is 42.7 Å². The van der Waals surface area contributed by atoms with Crippen LogP contribution in [0, 0.1) is 6.92 Å². The minimum atomic E-state index is -3.76. The molecule has 0 unspecified atom stereocenters. The van der Waals surface area contributed by atoms with Gasteiger partial charge in [-0.25, -0.2) is 13.2 Å². The SMILES string of the molecule is COc1cc(Cl)c(C)cc1NC(=O)COC(=O)c1cccc(S(=O)(=O)N(C)C(C)C)c1. The molecule has 8 nitrogen and oxygen atoms in total. The molecule has 0 atom stereocenters. The molecule has 168 valence electrons. The molecule has 10 heteroatoms. The lowest BCUT2D eigenvalue weighted by Crippen LogP contribution is -2.33. The number of aryl methyl sites for hydroxylation is 1. The van der Waals surface area contributed by atoms with Crippen LogP contribution in [0.5, 0.6) is 5.75 Å². The van der Waals surface area contributed by atoms with Gasteiger partial charge in [0.1, 0.15) is 5.75 Å². The zero-order valence-electron chi connectivity index (χ0n) is 17.9. The van der Waals surface area contributed by atoms with Gasteiger partial charge >= 0.3 is 5.97 Å². The van der Waals surface area contributed by atoms with E-state index in [1.807, 2.05) is 0 Å². The van der Waals surface area contributed by atoms with Gasteiger partial charge in [0.05, 0.1) is 23.3 Å². The van der Waals surface area contributed by atoms with Crippen molar-refractivity contribution in [2.24, 2.45) is 0 Å². The highest BCUT2D eigenvalue weighted by atomic mass is 35.5. The van der Waals surface area contributed by atoms with E-state index in [0.29, 0.717) is 16.5 Å². The molecule has 0 spiro atoms. The van der Waals surface area contributed by atoms with Crippen molar-refractivity contribution in [2.75, 3.05) is 26.1 Å². The summed E-state index contributed by atoms with van der Waals surface area (Å²) in [5, 5.41) is 3.08. The van der Waals surface area contributed by atoms with Crippen LogP contribution in [-0.4, -0.2) is 51.4 Å². The third-order valence-corrected chi connectivity index (χ3v) is 7.00. The first-order chi connectivity index (χ1) is 14.5. The number of nitrogens with one attached hydrogen (secondary N) is 1. The van der Waals surface area contributed by atoms with Crippen molar-refractivity contribution in [3.8, 4) is 5.75 Å². The molecule has 0 fully saturated rings. The van der Waals surface area contributed by atoms with Gasteiger partial charge in [0.25, 0.3) is 5.91 Å². The molecule has 1 amide bonds. The van der Waals surface area contributed by atoms with E-state index in [0.717, 1.165) is 5.56 Å². The highest BCUT2D eigenvalue weighted by molar-refractivity contribution is 7.89. The van der Waals surface area contributed by atoms with Crippen molar-refractivity contribution in [3.05, 3.63) is 52.5 Å². The van der Waals surface area contributed by atoms with Crippen LogP contribution in [0.1, 0.15) is 29.8 Å². The number of esters is 1. The molecule has 0 aliphatic rings. The third-order valence-electron chi connectivity index (χ3n) is 4.56. The fraction of sp³-hybridized carbons (Fsp3) is 0.333. The van der Waals surface area contributed by atoms with Gasteiger partial charge in [-0.1, -0.05) is 17.7 Å². The van der Waals surface area contributed by atoms with Gasteiger partial charge in [-0.05, 0) is 50.6 Å². The molecular formula is C21H25ClN2O6S. The number of halogens is 1. The lowest BCUT2D eigenvalue weighted by Gasteiger charge is -2.21. The van der Waals surface area contributed by atoms with Gasteiger partial charge in [-0.2, -0.15) is 4.31 Å². The van der Waals surface area contributed by atoms with E-state index in [-0.39, 0.29) is 16.5 Å². The number of hydrogen-bond acceptors (Lipinski definition) is 6. The summed E-state index contributed by atoms with van der Waals surface area (Å²) < 4.78 is 36.7. The van der Waals surface area contributed by atoms with Crippen LogP contribution in [-0.2, 0) is 19.6 Å². The first kappa shape index (κ1) is 24.6. The van der Waals surface area contributed by atoms with E-state index in [9.17, 15) is 18.0 Å². The first-order valence-electron chi connectivity index (χ1n) is 9.36. The van der Waals surface area contributed by atoms with E-state index in [4.69, 9.17) is 21.1 Å². The molecule has 0 aliphatic carbocycles. The molecule has 0 aliphatic heterocycles. The maximum atomic E-state index is 12.6. The Balaban J connectivity index is 2.08. The summed E-state index contributed by atoms with van der Waals surface area (Å²) >= 11 is 6.05. The zero-order valence-corrected chi connectivity index (χ0v) is 19.5. The van der Waals surface area contributed by atoms with E-state index in [2.05, 4.69) is 5.32 Å². The monoisotopic (exact) mass is 468 g/mol. The summed E-state index contributed by atoms with van der Waals surface area (Å²) in [6.07, 6.45) is 0. The summed E-state index contributed by atoms with van der Waals surface area (Å²) in [6, 6.07) is 8.43. The van der Waals surface area contributed by atoms with Crippen LogP contribution in [0.2, 0.25) is 5.02 Å². The molecule has 0 saturated heterocycles. The molecule has 0 heterocycles. The highest BCUT2D eigenvalue weighted by Crippen LogP contribution is 2.30. The lowest BCUT2D eigenvalue weighted by atomic mass is 10.2. The number of carbonyl (C=O) groups excluding carboxylic acids is 2. The van der Waals surface area contributed by atoms with Gasteiger partial charge in [0.15, 0.2) is 6.61 Å². The Morgan fingerprint density at radius 1 is 1.19 bits per heavy atom. The molecule has 0 radical (unpaired) electrons. The molecule has 2 aromatic rings.